The number of aliphatic carboxylic acids is 1. The van der Waals surface area contributed by atoms with Crippen LogP contribution in [0.15, 0.2) is 60.7 Å². The molecule has 1 saturated heterocycles. The van der Waals surface area contributed by atoms with Gasteiger partial charge in [0.1, 0.15) is 12.6 Å². The van der Waals surface area contributed by atoms with E-state index in [0.717, 1.165) is 17.5 Å². The molecule has 0 radical (unpaired) electrons. The molecule has 2 amide bonds. The lowest BCUT2D eigenvalue weighted by molar-refractivity contribution is -0.137. The molecule has 30 heavy (non-hydrogen) atoms. The van der Waals surface area contributed by atoms with Crippen LogP contribution in [-0.2, 0) is 20.9 Å². The van der Waals surface area contributed by atoms with Crippen molar-refractivity contribution in [3.8, 4) is 0 Å². The Bertz CT molecular complexity index is 856. The fourth-order valence-electron chi connectivity index (χ4n) is 3.65. The summed E-state index contributed by atoms with van der Waals surface area (Å²) in [6.07, 6.45) is 0.677. The fourth-order valence-corrected chi connectivity index (χ4v) is 3.65. The molecule has 1 fully saturated rings. The molecule has 0 unspecified atom stereocenters. The number of hydrogen-bond donors (Lipinski definition) is 2. The van der Waals surface area contributed by atoms with Crippen molar-refractivity contribution < 1.29 is 24.2 Å². The normalized spacial score (nSPS) is 16.7. The van der Waals surface area contributed by atoms with E-state index >= 15 is 0 Å². The Labute approximate surface area is 175 Å². The average Bonchev–Trinajstić information content (AvgIpc) is 3.26. The van der Waals surface area contributed by atoms with Crippen molar-refractivity contribution >= 4 is 18.0 Å². The fraction of sp³-hybridized carbons (Fsp3) is 0.348. The van der Waals surface area contributed by atoms with E-state index in [4.69, 9.17) is 4.74 Å². The van der Waals surface area contributed by atoms with Crippen LogP contribution in [-0.4, -0.2) is 47.1 Å². The predicted molar refractivity (Wildman–Crippen MR) is 111 cm³/mol. The van der Waals surface area contributed by atoms with Crippen molar-refractivity contribution in [3.05, 3.63) is 71.8 Å². The van der Waals surface area contributed by atoms with Crippen LogP contribution in [0.25, 0.3) is 0 Å². The number of amides is 2. The Morgan fingerprint density at radius 1 is 1.07 bits per heavy atom. The monoisotopic (exact) mass is 410 g/mol. The maximum absolute atomic E-state index is 12.7. The van der Waals surface area contributed by atoms with Gasteiger partial charge in [-0.15, -0.1) is 0 Å². The van der Waals surface area contributed by atoms with Crippen LogP contribution in [0.2, 0.25) is 0 Å². The third-order valence-electron chi connectivity index (χ3n) is 5.21. The van der Waals surface area contributed by atoms with E-state index in [1.165, 1.54) is 4.90 Å². The summed E-state index contributed by atoms with van der Waals surface area (Å²) in [6.45, 7) is 0.806. The van der Waals surface area contributed by atoms with Gasteiger partial charge >= 0.3 is 12.1 Å². The molecule has 1 aliphatic heterocycles. The molecule has 1 aliphatic rings. The van der Waals surface area contributed by atoms with Crippen molar-refractivity contribution in [1.29, 1.82) is 0 Å². The highest BCUT2D eigenvalue weighted by molar-refractivity contribution is 5.86. The van der Waals surface area contributed by atoms with Crippen molar-refractivity contribution in [2.45, 2.75) is 37.8 Å². The van der Waals surface area contributed by atoms with E-state index in [1.54, 1.807) is 0 Å². The number of likely N-dealkylation sites (tertiary alicyclic amines) is 1. The number of carboxylic acid groups (broad SMARTS) is 1. The quantitative estimate of drug-likeness (QED) is 0.697. The van der Waals surface area contributed by atoms with E-state index in [0.29, 0.717) is 13.0 Å². The number of nitrogens with one attached hydrogen (secondary N) is 1. The number of carbonyl (C=O) groups excluding carboxylic acids is 2. The third kappa shape index (κ3) is 5.83. The van der Waals surface area contributed by atoms with Gasteiger partial charge in [-0.3, -0.25) is 14.5 Å². The molecule has 2 aromatic rings. The smallest absolute Gasteiger partial charge is 0.410 e. The van der Waals surface area contributed by atoms with Gasteiger partial charge in [-0.2, -0.15) is 0 Å². The lowest BCUT2D eigenvalue weighted by Crippen LogP contribution is -2.47. The van der Waals surface area contributed by atoms with E-state index in [2.05, 4.69) is 5.32 Å². The number of rotatable bonds is 8. The summed E-state index contributed by atoms with van der Waals surface area (Å²) in [5.74, 6) is -1.55. The highest BCUT2D eigenvalue weighted by atomic mass is 16.6. The van der Waals surface area contributed by atoms with Crippen LogP contribution in [0.5, 0.6) is 0 Å². The zero-order valence-electron chi connectivity index (χ0n) is 16.7. The second-order valence-electron chi connectivity index (χ2n) is 7.34. The summed E-state index contributed by atoms with van der Waals surface area (Å²) in [5.41, 5.74) is 1.73. The van der Waals surface area contributed by atoms with Gasteiger partial charge in [0.05, 0.1) is 6.42 Å². The zero-order chi connectivity index (χ0) is 21.3. The lowest BCUT2D eigenvalue weighted by atomic mass is 9.95. The molecule has 3 rings (SSSR count). The first kappa shape index (κ1) is 21.4. The van der Waals surface area contributed by atoms with Gasteiger partial charge in [0.2, 0.25) is 5.91 Å². The zero-order valence-corrected chi connectivity index (χ0v) is 16.7. The Balaban J connectivity index is 1.56. The molecule has 0 saturated carbocycles. The summed E-state index contributed by atoms with van der Waals surface area (Å²) < 4.78 is 5.37. The van der Waals surface area contributed by atoms with Gasteiger partial charge < -0.3 is 15.2 Å². The van der Waals surface area contributed by atoms with Crippen molar-refractivity contribution in [2.24, 2.45) is 0 Å². The van der Waals surface area contributed by atoms with Crippen LogP contribution in [0.3, 0.4) is 0 Å². The maximum atomic E-state index is 12.7. The lowest BCUT2D eigenvalue weighted by Gasteiger charge is -2.24. The minimum absolute atomic E-state index is 0.0855. The second kappa shape index (κ2) is 10.4. The number of carboxylic acids is 1. The van der Waals surface area contributed by atoms with Crippen molar-refractivity contribution in [3.63, 3.8) is 0 Å². The topological polar surface area (TPSA) is 95.9 Å². The van der Waals surface area contributed by atoms with Crippen LogP contribution in [0.1, 0.15) is 36.3 Å². The highest BCUT2D eigenvalue weighted by Crippen LogP contribution is 2.21. The Kier molecular flexibility index (Phi) is 7.43. The molecule has 0 spiro atoms. The second-order valence-corrected chi connectivity index (χ2v) is 7.34. The molecule has 0 bridgehead atoms. The first-order chi connectivity index (χ1) is 14.5. The maximum Gasteiger partial charge on any atom is 0.410 e. The number of carbonyl (C=O) groups is 3. The number of ether oxygens (including phenoxy) is 1. The molecular formula is C23H26N2O5. The van der Waals surface area contributed by atoms with Crippen LogP contribution in [0, 0.1) is 0 Å². The molecule has 2 aromatic carbocycles. The molecule has 7 heteroatoms. The average molecular weight is 410 g/mol. The Morgan fingerprint density at radius 3 is 2.40 bits per heavy atom. The largest absolute Gasteiger partial charge is 0.481 e. The predicted octanol–water partition coefficient (Wildman–Crippen LogP) is 3.16. The summed E-state index contributed by atoms with van der Waals surface area (Å²) in [7, 11) is 0. The molecule has 2 atom stereocenters. The minimum atomic E-state index is -0.926. The van der Waals surface area contributed by atoms with Crippen LogP contribution < -0.4 is 5.32 Å². The van der Waals surface area contributed by atoms with Crippen molar-refractivity contribution in [2.75, 3.05) is 13.1 Å². The first-order valence-corrected chi connectivity index (χ1v) is 10.1. The van der Waals surface area contributed by atoms with E-state index < -0.39 is 18.1 Å². The van der Waals surface area contributed by atoms with Gasteiger partial charge in [-0.25, -0.2) is 4.79 Å². The molecule has 0 aliphatic carbocycles. The van der Waals surface area contributed by atoms with E-state index in [9.17, 15) is 19.5 Å². The molecule has 0 aromatic heterocycles. The Hall–Kier alpha value is -3.35. The molecule has 158 valence electrons. The van der Waals surface area contributed by atoms with Gasteiger partial charge in [0.25, 0.3) is 0 Å². The van der Waals surface area contributed by atoms with Gasteiger partial charge in [0.15, 0.2) is 0 Å². The number of benzene rings is 2. The third-order valence-corrected chi connectivity index (χ3v) is 5.21. The number of nitrogens with zero attached hydrogens (tertiary/aromatic N) is 1. The van der Waals surface area contributed by atoms with Gasteiger partial charge in [-0.1, -0.05) is 60.7 Å². The van der Waals surface area contributed by atoms with Crippen LogP contribution in [0.4, 0.5) is 4.79 Å². The minimum Gasteiger partial charge on any atom is -0.481 e. The summed E-state index contributed by atoms with van der Waals surface area (Å²) in [4.78, 5) is 37.9. The number of hydrogen-bond acceptors (Lipinski definition) is 4. The van der Waals surface area contributed by atoms with E-state index in [-0.39, 0.29) is 31.4 Å². The summed E-state index contributed by atoms with van der Waals surface area (Å²) >= 11 is 0. The van der Waals surface area contributed by atoms with E-state index in [1.807, 2.05) is 60.7 Å². The Morgan fingerprint density at radius 2 is 1.73 bits per heavy atom. The van der Waals surface area contributed by atoms with Gasteiger partial charge in [-0.05, 0) is 24.0 Å². The summed E-state index contributed by atoms with van der Waals surface area (Å²) in [5, 5.41) is 12.0. The summed E-state index contributed by atoms with van der Waals surface area (Å²) in [6, 6.07) is 18.0. The van der Waals surface area contributed by atoms with Crippen LogP contribution >= 0.6 is 0 Å². The first-order valence-electron chi connectivity index (χ1n) is 10.1. The molecule has 1 heterocycles. The molecule has 2 N–H and O–H groups in total. The standard InChI is InChI=1S/C23H26N2O5/c26-21(27)14-19(18-10-5-2-6-11-18)15-24-22(28)20-12-7-13-25(20)23(29)30-16-17-8-3-1-4-9-17/h1-6,8-11,19-20H,7,12-16H2,(H,24,28)(H,26,27)/t19-,20-/m0/s1. The van der Waals surface area contributed by atoms with Gasteiger partial charge in [0, 0.05) is 19.0 Å². The molecular weight excluding hydrogens is 384 g/mol. The molecule has 7 nitrogen and oxygen atoms in total. The SMILES string of the molecule is O=C(O)C[C@@H](CNC(=O)[C@@H]1CCCN1C(=O)OCc1ccccc1)c1ccccc1. The van der Waals surface area contributed by atoms with Crippen molar-refractivity contribution in [1.82, 2.24) is 10.2 Å². The highest BCUT2D eigenvalue weighted by Gasteiger charge is 2.35.